The fourth-order valence-electron chi connectivity index (χ4n) is 2.40. The first-order chi connectivity index (χ1) is 9.44. The van der Waals surface area contributed by atoms with Gasteiger partial charge in [-0.2, -0.15) is 0 Å². The van der Waals surface area contributed by atoms with Gasteiger partial charge in [0.1, 0.15) is 0 Å². The summed E-state index contributed by atoms with van der Waals surface area (Å²) in [4.78, 5) is 0. The summed E-state index contributed by atoms with van der Waals surface area (Å²) < 4.78 is 6.44. The number of hydrogen-bond acceptors (Lipinski definition) is 1. The minimum Gasteiger partial charge on any atom is -0.411 e. The second-order valence-electron chi connectivity index (χ2n) is 6.62. The van der Waals surface area contributed by atoms with E-state index in [4.69, 9.17) is 4.43 Å². The minimum atomic E-state index is -0.813. The molecule has 20 heavy (non-hydrogen) atoms. The molecule has 1 nitrogen and oxygen atoms in total. The third-order valence-corrected chi connectivity index (χ3v) is 6.52. The molecule has 0 fully saturated rings. The highest BCUT2D eigenvalue weighted by Gasteiger charge is 2.27. The van der Waals surface area contributed by atoms with E-state index in [1.54, 1.807) is 0 Å². The molecule has 0 bridgehead atoms. The molecule has 1 aromatic rings. The summed E-state index contributed by atoms with van der Waals surface area (Å²) in [6, 6.07) is 12.1. The Kier molecular flexibility index (Phi) is 7.53. The van der Waals surface area contributed by atoms with Crippen molar-refractivity contribution in [3.63, 3.8) is 0 Å². The zero-order chi connectivity index (χ0) is 15.0. The van der Waals surface area contributed by atoms with Gasteiger partial charge in [0.15, 0.2) is 0 Å². The van der Waals surface area contributed by atoms with Crippen LogP contribution >= 0.6 is 0 Å². The van der Waals surface area contributed by atoms with Crippen molar-refractivity contribution in [3.8, 4) is 0 Å². The Morgan fingerprint density at radius 3 is 2.25 bits per heavy atom. The molecule has 0 saturated carbocycles. The molecule has 0 amide bonds. The molecule has 1 aromatic carbocycles. The summed E-state index contributed by atoms with van der Waals surface area (Å²) in [7, 11) is -0.813. The Morgan fingerprint density at radius 1 is 1.05 bits per heavy atom. The Balaban J connectivity index is 2.66. The lowest BCUT2D eigenvalue weighted by Crippen LogP contribution is -2.35. The summed E-state index contributed by atoms with van der Waals surface area (Å²) in [6.07, 6.45) is 5.32. The molecular weight excluding hydrogens is 260 g/mol. The number of hydrogen-bond donors (Lipinski definition) is 0. The summed E-state index contributed by atoms with van der Waals surface area (Å²) in [5.74, 6) is 0. The number of rotatable bonds is 8. The van der Waals surface area contributed by atoms with Gasteiger partial charge < -0.3 is 4.43 Å². The van der Waals surface area contributed by atoms with Crippen molar-refractivity contribution in [2.45, 2.75) is 77.5 Å². The smallest absolute Gasteiger partial charge is 0.219 e. The van der Waals surface area contributed by atoms with Gasteiger partial charge >= 0.3 is 0 Å². The van der Waals surface area contributed by atoms with Gasteiger partial charge in [0, 0.05) is 11.1 Å². The highest BCUT2D eigenvalue weighted by molar-refractivity contribution is 6.53. The van der Waals surface area contributed by atoms with Gasteiger partial charge in [0.05, 0.1) is 0 Å². The Hall–Kier alpha value is -0.603. The van der Waals surface area contributed by atoms with Gasteiger partial charge in [-0.15, -0.1) is 0 Å². The van der Waals surface area contributed by atoms with Crippen LogP contribution in [0.25, 0.3) is 0 Å². The van der Waals surface area contributed by atoms with E-state index in [0.29, 0.717) is 5.54 Å². The van der Waals surface area contributed by atoms with Gasteiger partial charge in [-0.3, -0.25) is 0 Å². The van der Waals surface area contributed by atoms with Crippen LogP contribution in [-0.4, -0.2) is 14.6 Å². The zero-order valence-electron chi connectivity index (χ0n) is 13.9. The van der Waals surface area contributed by atoms with E-state index in [1.807, 2.05) is 0 Å². The normalized spacial score (nSPS) is 13.7. The molecular formula is C18H31OSi. The van der Waals surface area contributed by atoms with E-state index < -0.39 is 9.04 Å². The van der Waals surface area contributed by atoms with Crippen molar-refractivity contribution >= 4 is 9.04 Å². The molecule has 0 spiro atoms. The van der Waals surface area contributed by atoms with Crippen LogP contribution in [-0.2, 0) is 4.43 Å². The van der Waals surface area contributed by atoms with E-state index in [2.05, 4.69) is 65.0 Å². The highest BCUT2D eigenvalue weighted by atomic mass is 28.3. The maximum atomic E-state index is 6.44. The summed E-state index contributed by atoms with van der Waals surface area (Å²) in [6.45, 7) is 11.2. The van der Waals surface area contributed by atoms with Crippen molar-refractivity contribution in [1.82, 2.24) is 0 Å². The molecule has 0 aromatic heterocycles. The first-order valence-electron chi connectivity index (χ1n) is 8.03. The van der Waals surface area contributed by atoms with Gasteiger partial charge in [-0.1, -0.05) is 69.9 Å². The van der Waals surface area contributed by atoms with Crippen LogP contribution in [0.2, 0.25) is 6.04 Å². The third kappa shape index (κ3) is 6.71. The van der Waals surface area contributed by atoms with Crippen LogP contribution in [0.15, 0.2) is 30.3 Å². The lowest BCUT2D eigenvalue weighted by molar-refractivity contribution is 0.124. The lowest BCUT2D eigenvalue weighted by atomic mass is 10.2. The topological polar surface area (TPSA) is 9.23 Å². The Labute approximate surface area is 127 Å². The molecule has 0 N–H and O–H groups in total. The third-order valence-electron chi connectivity index (χ3n) is 3.50. The van der Waals surface area contributed by atoms with Crippen LogP contribution in [0, 0.1) is 0 Å². The second kappa shape index (κ2) is 8.63. The number of unbranched alkanes of at least 4 members (excludes halogenated alkanes) is 3. The van der Waals surface area contributed by atoms with E-state index in [0.717, 1.165) is 0 Å². The second-order valence-corrected chi connectivity index (χ2v) is 9.13. The molecule has 0 saturated heterocycles. The molecule has 0 unspecified atom stereocenters. The average molecular weight is 292 g/mol. The first-order valence-corrected chi connectivity index (χ1v) is 9.73. The van der Waals surface area contributed by atoms with E-state index in [1.165, 1.54) is 37.3 Å². The van der Waals surface area contributed by atoms with E-state index in [-0.39, 0.29) is 5.60 Å². The van der Waals surface area contributed by atoms with Crippen molar-refractivity contribution in [1.29, 1.82) is 0 Å². The fraction of sp³-hybridized carbons (Fsp3) is 0.667. The Bertz CT molecular complexity index is 355. The van der Waals surface area contributed by atoms with E-state index in [9.17, 15) is 0 Å². The molecule has 1 rings (SSSR count). The molecule has 1 atom stereocenters. The summed E-state index contributed by atoms with van der Waals surface area (Å²) in [5.41, 5.74) is 1.96. The van der Waals surface area contributed by atoms with Gasteiger partial charge in [0.25, 0.3) is 0 Å². The van der Waals surface area contributed by atoms with E-state index >= 15 is 0 Å². The summed E-state index contributed by atoms with van der Waals surface area (Å²) >= 11 is 0. The van der Waals surface area contributed by atoms with Crippen LogP contribution in [0.4, 0.5) is 0 Å². The van der Waals surface area contributed by atoms with Gasteiger partial charge in [-0.05, 0) is 32.4 Å². The standard InChI is InChI=1S/C18H31OSi/c1-6-7-8-12-15-20(19-18(3,4)5)16(2)17-13-10-9-11-14-17/h9-11,13-14,16H,6-8,12,15H2,1-5H3/t16-/m1/s1. The monoisotopic (exact) mass is 291 g/mol. The van der Waals surface area contributed by atoms with Gasteiger partial charge in [-0.25, -0.2) is 0 Å². The van der Waals surface area contributed by atoms with Crippen molar-refractivity contribution in [3.05, 3.63) is 35.9 Å². The minimum absolute atomic E-state index is 0.0257. The predicted molar refractivity (Wildman–Crippen MR) is 90.4 cm³/mol. The van der Waals surface area contributed by atoms with Crippen LogP contribution in [0.3, 0.4) is 0 Å². The van der Waals surface area contributed by atoms with Gasteiger partial charge in [0.2, 0.25) is 9.04 Å². The maximum absolute atomic E-state index is 6.44. The molecule has 0 aliphatic rings. The average Bonchev–Trinajstić information content (AvgIpc) is 2.41. The zero-order valence-corrected chi connectivity index (χ0v) is 14.9. The number of benzene rings is 1. The predicted octanol–water partition coefficient (Wildman–Crippen LogP) is 5.72. The molecule has 0 heterocycles. The van der Waals surface area contributed by atoms with Crippen LogP contribution in [0.1, 0.15) is 71.4 Å². The maximum Gasteiger partial charge on any atom is 0.219 e. The SMILES string of the molecule is CCCCCC[Si](OC(C)(C)C)[C@H](C)c1ccccc1. The molecule has 1 radical (unpaired) electrons. The van der Waals surface area contributed by atoms with Crippen molar-refractivity contribution < 1.29 is 4.43 Å². The quantitative estimate of drug-likeness (QED) is 0.440. The lowest BCUT2D eigenvalue weighted by Gasteiger charge is -2.30. The Morgan fingerprint density at radius 2 is 1.70 bits per heavy atom. The van der Waals surface area contributed by atoms with Crippen LogP contribution in [0.5, 0.6) is 0 Å². The molecule has 0 aliphatic heterocycles. The molecule has 0 aliphatic carbocycles. The highest BCUT2D eigenvalue weighted by Crippen LogP contribution is 2.26. The van der Waals surface area contributed by atoms with Crippen molar-refractivity contribution in [2.24, 2.45) is 0 Å². The fourth-order valence-corrected chi connectivity index (χ4v) is 5.06. The van der Waals surface area contributed by atoms with Crippen molar-refractivity contribution in [2.75, 3.05) is 0 Å². The molecule has 113 valence electrons. The van der Waals surface area contributed by atoms with Crippen LogP contribution < -0.4 is 0 Å². The summed E-state index contributed by atoms with van der Waals surface area (Å²) in [5, 5.41) is 0. The first kappa shape index (κ1) is 17.4. The molecule has 2 heteroatoms. The largest absolute Gasteiger partial charge is 0.411 e.